The Kier molecular flexibility index (Phi) is 8.06. The summed E-state index contributed by atoms with van der Waals surface area (Å²) < 4.78 is 12.6. The van der Waals surface area contributed by atoms with Crippen LogP contribution in [0.25, 0.3) is 0 Å². The number of allylic oxidation sites excluding steroid dienone is 1. The first-order chi connectivity index (χ1) is 19.4. The van der Waals surface area contributed by atoms with Gasteiger partial charge < -0.3 is 29.3 Å². The van der Waals surface area contributed by atoms with E-state index in [-0.39, 0.29) is 31.6 Å². The summed E-state index contributed by atoms with van der Waals surface area (Å²) >= 11 is 0. The Morgan fingerprint density at radius 3 is 2.42 bits per heavy atom. The topological polar surface area (TPSA) is 99.6 Å². The Labute approximate surface area is 236 Å². The van der Waals surface area contributed by atoms with Gasteiger partial charge in [0.15, 0.2) is 0 Å². The first-order valence-corrected chi connectivity index (χ1v) is 14.7. The second-order valence-corrected chi connectivity index (χ2v) is 11.0. The lowest BCUT2D eigenvalue weighted by molar-refractivity contribution is -0.159. The number of rotatable bonds is 8. The predicted molar refractivity (Wildman–Crippen MR) is 152 cm³/mol. The number of cyclic esters (lactones) is 1. The van der Waals surface area contributed by atoms with Gasteiger partial charge in [-0.1, -0.05) is 31.2 Å². The van der Waals surface area contributed by atoms with E-state index < -0.39 is 35.0 Å². The number of anilines is 2. The molecule has 40 heavy (non-hydrogen) atoms. The van der Waals surface area contributed by atoms with Gasteiger partial charge in [-0.25, -0.2) is 0 Å². The second-order valence-electron chi connectivity index (χ2n) is 11.0. The number of nitrogens with zero attached hydrogens (tertiary/aromatic N) is 3. The van der Waals surface area contributed by atoms with E-state index in [1.165, 1.54) is 4.90 Å². The lowest BCUT2D eigenvalue weighted by atomic mass is 9.73. The number of ether oxygens (including phenoxy) is 2. The molecule has 5 rings (SSSR count). The Hall–Kier alpha value is -3.17. The molecule has 216 valence electrons. The van der Waals surface area contributed by atoms with Gasteiger partial charge in [-0.2, -0.15) is 0 Å². The van der Waals surface area contributed by atoms with E-state index in [4.69, 9.17) is 9.47 Å². The van der Waals surface area contributed by atoms with Crippen LogP contribution in [-0.4, -0.2) is 84.4 Å². The summed E-state index contributed by atoms with van der Waals surface area (Å²) in [4.78, 5) is 47.7. The minimum atomic E-state index is -1.33. The molecule has 0 aromatic heterocycles. The minimum absolute atomic E-state index is 0.122. The molecule has 2 fully saturated rings. The molecule has 0 saturated carbocycles. The summed E-state index contributed by atoms with van der Waals surface area (Å²) in [5.41, 5.74) is -0.590. The van der Waals surface area contributed by atoms with Gasteiger partial charge >= 0.3 is 5.97 Å². The van der Waals surface area contributed by atoms with Gasteiger partial charge in [0.25, 0.3) is 5.91 Å². The number of aliphatic hydroxyl groups excluding tert-OH is 1. The smallest absolute Gasteiger partial charge is 0.313 e. The maximum atomic E-state index is 14.5. The summed E-state index contributed by atoms with van der Waals surface area (Å²) in [5.74, 6) is -2.81. The van der Waals surface area contributed by atoms with Crippen molar-refractivity contribution >= 4 is 29.2 Å². The number of aliphatic hydroxyl groups is 1. The molecule has 4 heterocycles. The highest BCUT2D eigenvalue weighted by Gasteiger charge is 2.75. The molecular formula is C31H41N3O6. The summed E-state index contributed by atoms with van der Waals surface area (Å²) in [7, 11) is 0. The average Bonchev–Trinajstić information content (AvgIpc) is 3.34. The standard InChI is InChI=1S/C31H41N3O6/c1-4-30-16-8-7-9-21-39-29(38)25(30)24-27(36)34(19-11-20-35)26-28(37)33(18-10-17-31(24,26)40-30)23-14-12-22(13-15-23)32(5-2)6-3/h8,10,12-17,24-26,35H,4-7,9,11,18-21H2,1-3H3/b16-8-/t24-,25+,26?,30-,31-/m0/s1. The fourth-order valence-corrected chi connectivity index (χ4v) is 7.02. The highest BCUT2D eigenvalue weighted by Crippen LogP contribution is 2.58. The molecule has 9 heteroatoms. The number of hydrogen-bond acceptors (Lipinski definition) is 7. The third kappa shape index (κ3) is 4.43. The third-order valence-electron chi connectivity index (χ3n) is 8.98. The number of amides is 2. The largest absolute Gasteiger partial charge is 0.465 e. The van der Waals surface area contributed by atoms with Crippen molar-refractivity contribution in [3.05, 3.63) is 48.6 Å². The molecule has 2 amide bonds. The molecule has 1 spiro atoms. The van der Waals surface area contributed by atoms with Gasteiger partial charge in [-0.05, 0) is 63.8 Å². The lowest BCUT2D eigenvalue weighted by Crippen LogP contribution is -2.56. The molecule has 1 aromatic carbocycles. The number of esters is 1. The molecule has 4 aliphatic rings. The zero-order chi connectivity index (χ0) is 28.5. The SMILES string of the molecule is CCN(CC)c1ccc(N2CC=C[C@]34O[C@@]5(CC)/C=C\CCCOC(=O)[C@H]5[C@H]3C(=O)N(CCCO)C4C2=O)cc1. The van der Waals surface area contributed by atoms with Gasteiger partial charge in [-0.3, -0.25) is 14.4 Å². The van der Waals surface area contributed by atoms with Crippen LogP contribution in [0.5, 0.6) is 0 Å². The first kappa shape index (κ1) is 28.4. The van der Waals surface area contributed by atoms with Crippen LogP contribution in [0.1, 0.15) is 46.5 Å². The van der Waals surface area contributed by atoms with Crippen molar-refractivity contribution in [2.45, 2.75) is 63.7 Å². The first-order valence-electron chi connectivity index (χ1n) is 14.7. The fourth-order valence-electron chi connectivity index (χ4n) is 7.02. The Morgan fingerprint density at radius 2 is 1.75 bits per heavy atom. The van der Waals surface area contributed by atoms with Crippen molar-refractivity contribution in [3.8, 4) is 0 Å². The second kappa shape index (κ2) is 11.4. The van der Waals surface area contributed by atoms with E-state index in [1.54, 1.807) is 4.90 Å². The van der Waals surface area contributed by atoms with Gasteiger partial charge in [-0.15, -0.1) is 0 Å². The quantitative estimate of drug-likeness (QED) is 0.392. The molecule has 4 aliphatic heterocycles. The average molecular weight is 552 g/mol. The van der Waals surface area contributed by atoms with Crippen LogP contribution in [0.4, 0.5) is 11.4 Å². The van der Waals surface area contributed by atoms with Gasteiger partial charge in [0, 0.05) is 44.2 Å². The van der Waals surface area contributed by atoms with Crippen LogP contribution >= 0.6 is 0 Å². The highest BCUT2D eigenvalue weighted by molar-refractivity contribution is 6.05. The van der Waals surface area contributed by atoms with E-state index in [2.05, 4.69) is 18.7 Å². The van der Waals surface area contributed by atoms with Crippen molar-refractivity contribution in [1.29, 1.82) is 0 Å². The molecule has 0 bridgehead atoms. The van der Waals surface area contributed by atoms with E-state index in [9.17, 15) is 19.5 Å². The Balaban J connectivity index is 1.59. The number of likely N-dealkylation sites (tertiary alicyclic amines) is 1. The minimum Gasteiger partial charge on any atom is -0.465 e. The molecule has 1 N–H and O–H groups in total. The van der Waals surface area contributed by atoms with Crippen LogP contribution in [-0.2, 0) is 23.9 Å². The normalized spacial score (nSPS) is 32.4. The third-order valence-corrected chi connectivity index (χ3v) is 8.98. The monoisotopic (exact) mass is 551 g/mol. The summed E-state index contributed by atoms with van der Waals surface area (Å²) in [6.45, 7) is 8.56. The molecule has 9 nitrogen and oxygen atoms in total. The predicted octanol–water partition coefficient (Wildman–Crippen LogP) is 3.07. The van der Waals surface area contributed by atoms with Crippen LogP contribution < -0.4 is 9.80 Å². The molecule has 0 radical (unpaired) electrons. The van der Waals surface area contributed by atoms with Crippen molar-refractivity contribution in [3.63, 3.8) is 0 Å². The van der Waals surface area contributed by atoms with Gasteiger partial charge in [0.1, 0.15) is 23.2 Å². The maximum Gasteiger partial charge on any atom is 0.313 e. The van der Waals surface area contributed by atoms with Crippen LogP contribution in [0.3, 0.4) is 0 Å². The lowest BCUT2D eigenvalue weighted by Gasteiger charge is -2.38. The zero-order valence-corrected chi connectivity index (χ0v) is 23.8. The summed E-state index contributed by atoms with van der Waals surface area (Å²) in [6, 6.07) is 6.91. The van der Waals surface area contributed by atoms with E-state index in [0.29, 0.717) is 25.8 Å². The molecule has 0 aliphatic carbocycles. The van der Waals surface area contributed by atoms with Crippen molar-refractivity contribution < 1.29 is 29.0 Å². The molecule has 5 atom stereocenters. The number of fused-ring (bicyclic) bond motifs is 2. The van der Waals surface area contributed by atoms with Crippen molar-refractivity contribution in [2.24, 2.45) is 11.8 Å². The van der Waals surface area contributed by atoms with Crippen molar-refractivity contribution in [2.75, 3.05) is 49.2 Å². The van der Waals surface area contributed by atoms with Crippen LogP contribution in [0.15, 0.2) is 48.6 Å². The van der Waals surface area contributed by atoms with E-state index in [0.717, 1.165) is 30.9 Å². The van der Waals surface area contributed by atoms with Crippen LogP contribution in [0.2, 0.25) is 0 Å². The van der Waals surface area contributed by atoms with E-state index in [1.807, 2.05) is 55.5 Å². The number of hydrogen-bond donors (Lipinski definition) is 1. The summed E-state index contributed by atoms with van der Waals surface area (Å²) in [5, 5.41) is 9.62. The van der Waals surface area contributed by atoms with Gasteiger partial charge in [0.2, 0.25) is 5.91 Å². The van der Waals surface area contributed by atoms with Crippen molar-refractivity contribution in [1.82, 2.24) is 4.90 Å². The Morgan fingerprint density at radius 1 is 1.00 bits per heavy atom. The fraction of sp³-hybridized carbons (Fsp3) is 0.581. The number of carbonyl (C=O) groups is 3. The number of benzene rings is 1. The molecular weight excluding hydrogens is 510 g/mol. The zero-order valence-electron chi connectivity index (χ0n) is 23.8. The molecule has 1 aromatic rings. The summed E-state index contributed by atoms with van der Waals surface area (Å²) in [6.07, 6.45) is 9.86. The van der Waals surface area contributed by atoms with E-state index >= 15 is 0 Å². The molecule has 1 unspecified atom stereocenters. The van der Waals surface area contributed by atoms with Crippen LogP contribution in [0, 0.1) is 11.8 Å². The Bertz CT molecular complexity index is 1180. The van der Waals surface area contributed by atoms with Gasteiger partial charge in [0.05, 0.1) is 12.5 Å². The number of carbonyl (C=O) groups excluding carboxylic acids is 3. The molecule has 2 saturated heterocycles. The highest BCUT2D eigenvalue weighted by atomic mass is 16.6. The maximum absolute atomic E-state index is 14.5.